The lowest BCUT2D eigenvalue weighted by Gasteiger charge is -2.48. The largest absolute Gasteiger partial charge is 0.525 e. The molecule has 3 heterocycles. The number of likely N-dealkylation sites (tertiary alicyclic amines) is 1. The third-order valence-electron chi connectivity index (χ3n) is 9.46. The molecule has 4 fully saturated rings. The lowest BCUT2D eigenvalue weighted by Crippen LogP contribution is -2.58. The number of carbonyl (C=O) groups is 1. The van der Waals surface area contributed by atoms with E-state index < -0.39 is 53.1 Å². The van der Waals surface area contributed by atoms with Crippen LogP contribution in [0.3, 0.4) is 0 Å². The number of hydrogen-bond acceptors (Lipinski definition) is 7. The summed E-state index contributed by atoms with van der Waals surface area (Å²) >= 11 is 0. The topological polar surface area (TPSA) is 69.7 Å². The monoisotopic (exact) mass is 640 g/mol. The molecule has 8 nitrogen and oxygen atoms in total. The predicted molar refractivity (Wildman–Crippen MR) is 163 cm³/mol. The molecule has 4 aliphatic rings. The number of amides is 1. The molecule has 1 spiro atoms. The Hall–Kier alpha value is -2.51. The zero-order chi connectivity index (χ0) is 33.0. The number of carbonyl (C=O) groups excluding carboxylic acids is 1. The molecule has 250 valence electrons. The summed E-state index contributed by atoms with van der Waals surface area (Å²) in [5.41, 5.74) is -4.98. The lowest BCUT2D eigenvalue weighted by atomic mass is 9.85. The van der Waals surface area contributed by atoms with Gasteiger partial charge in [-0.2, -0.15) is 13.2 Å². The van der Waals surface area contributed by atoms with Gasteiger partial charge in [-0.1, -0.05) is 0 Å². The van der Waals surface area contributed by atoms with E-state index in [1.807, 2.05) is 0 Å². The molecule has 1 aromatic carbocycles. The molecule has 0 bridgehead atoms. The van der Waals surface area contributed by atoms with Gasteiger partial charge in [0, 0.05) is 31.7 Å². The van der Waals surface area contributed by atoms with Crippen LogP contribution in [-0.4, -0.2) is 79.4 Å². The van der Waals surface area contributed by atoms with Gasteiger partial charge in [-0.05, 0) is 98.8 Å². The van der Waals surface area contributed by atoms with Gasteiger partial charge >= 0.3 is 19.4 Å². The molecule has 0 N–H and O–H groups in total. The number of benzene rings is 1. The van der Waals surface area contributed by atoms with Gasteiger partial charge in [0.2, 0.25) is 0 Å². The van der Waals surface area contributed by atoms with Gasteiger partial charge in [0.15, 0.2) is 0 Å². The minimum Gasteiger partial charge on any atom is -0.490 e. The van der Waals surface area contributed by atoms with Gasteiger partial charge in [0.25, 0.3) is 0 Å². The normalized spacial score (nSPS) is 23.7. The van der Waals surface area contributed by atoms with Gasteiger partial charge in [-0.25, -0.2) is 9.18 Å². The molecule has 1 aliphatic carbocycles. The van der Waals surface area contributed by atoms with Gasteiger partial charge in [-0.3, -0.25) is 0 Å². The molecular weight excluding hydrogens is 595 g/mol. The number of ether oxygens (including phenoxy) is 3. The van der Waals surface area contributed by atoms with E-state index in [1.54, 1.807) is 58.3 Å². The number of halogens is 4. The van der Waals surface area contributed by atoms with E-state index >= 15 is 17.6 Å². The highest BCUT2D eigenvalue weighted by Crippen LogP contribution is 2.48. The van der Waals surface area contributed by atoms with E-state index in [2.05, 4.69) is 0 Å². The Morgan fingerprint density at radius 1 is 1.02 bits per heavy atom. The number of rotatable bonds is 5. The molecule has 5 rings (SSSR count). The molecule has 0 aromatic heterocycles. The Bertz CT molecular complexity index is 1280. The predicted octanol–water partition coefficient (Wildman–Crippen LogP) is 7.18. The van der Waals surface area contributed by atoms with Crippen LogP contribution in [0.25, 0.3) is 6.08 Å². The molecule has 0 atom stereocenters. The first-order valence-electron chi connectivity index (χ1n) is 15.8. The molecule has 1 aromatic rings. The lowest BCUT2D eigenvalue weighted by molar-refractivity contribution is -0.139. The van der Waals surface area contributed by atoms with Crippen molar-refractivity contribution in [2.45, 2.75) is 115 Å². The number of nitrogens with zero attached hydrogens (tertiary/aromatic N) is 2. The van der Waals surface area contributed by atoms with E-state index in [1.165, 1.54) is 12.1 Å². The maximum absolute atomic E-state index is 15.8. The maximum atomic E-state index is 15.8. The van der Waals surface area contributed by atoms with Crippen molar-refractivity contribution in [3.63, 3.8) is 0 Å². The summed E-state index contributed by atoms with van der Waals surface area (Å²) in [6.07, 6.45) is -1.36. The molecule has 13 heteroatoms. The molecule has 3 aliphatic heterocycles. The summed E-state index contributed by atoms with van der Waals surface area (Å²) in [5, 5.41) is 0. The molecule has 3 saturated heterocycles. The molecule has 1 saturated carbocycles. The van der Waals surface area contributed by atoms with Crippen molar-refractivity contribution in [3.8, 4) is 5.75 Å². The highest BCUT2D eigenvalue weighted by Gasteiger charge is 2.53. The van der Waals surface area contributed by atoms with Gasteiger partial charge < -0.3 is 33.3 Å². The van der Waals surface area contributed by atoms with E-state index in [0.29, 0.717) is 38.8 Å². The Labute approximate surface area is 263 Å². The Morgan fingerprint density at radius 3 is 2.18 bits per heavy atom. The number of anilines is 1. The number of piperidine rings is 1. The zero-order valence-electron chi connectivity index (χ0n) is 27.3. The van der Waals surface area contributed by atoms with Crippen molar-refractivity contribution in [1.82, 2.24) is 4.90 Å². The first-order valence-corrected chi connectivity index (χ1v) is 15.8. The van der Waals surface area contributed by atoms with E-state index in [4.69, 9.17) is 23.5 Å². The molecule has 0 unspecified atom stereocenters. The second-order valence-corrected chi connectivity index (χ2v) is 14.6. The van der Waals surface area contributed by atoms with E-state index in [-0.39, 0.29) is 42.8 Å². The SMILES string of the molecule is CC(C)(C)OC(=O)N1CCC2(CC1)CN(c1c(/C=C(\F)B3OC(C)(C)C(C)(C)O3)ccc(OC3CCC3)c1C(F)(F)F)CCO2. The highest BCUT2D eigenvalue weighted by atomic mass is 19.4. The van der Waals surface area contributed by atoms with Gasteiger partial charge in [0.05, 0.1) is 35.2 Å². The van der Waals surface area contributed by atoms with E-state index in [0.717, 1.165) is 12.5 Å². The number of alkyl halides is 3. The second kappa shape index (κ2) is 11.9. The smallest absolute Gasteiger partial charge is 0.490 e. The minimum absolute atomic E-state index is 0.0405. The van der Waals surface area contributed by atoms with Crippen LogP contribution in [0.5, 0.6) is 5.75 Å². The summed E-state index contributed by atoms with van der Waals surface area (Å²) in [5.74, 6) is -0.268. The minimum atomic E-state index is -4.79. The highest BCUT2D eigenvalue weighted by molar-refractivity contribution is 6.54. The fourth-order valence-corrected chi connectivity index (χ4v) is 6.02. The fraction of sp³-hybridized carbons (Fsp3) is 0.719. The Balaban J connectivity index is 1.49. The fourth-order valence-electron chi connectivity index (χ4n) is 6.02. The van der Waals surface area contributed by atoms with Crippen LogP contribution in [0.4, 0.5) is 28.0 Å². The summed E-state index contributed by atoms with van der Waals surface area (Å²) in [4.78, 5) is 15.9. The van der Waals surface area contributed by atoms with E-state index in [9.17, 15) is 4.79 Å². The Kier molecular flexibility index (Phi) is 8.98. The van der Waals surface area contributed by atoms with Crippen LogP contribution >= 0.6 is 0 Å². The summed E-state index contributed by atoms with van der Waals surface area (Å²) in [6, 6.07) is 2.75. The summed E-state index contributed by atoms with van der Waals surface area (Å²) < 4.78 is 90.1. The van der Waals surface area contributed by atoms with Crippen molar-refractivity contribution in [3.05, 3.63) is 29.0 Å². The Morgan fingerprint density at radius 2 is 1.64 bits per heavy atom. The van der Waals surface area contributed by atoms with Crippen LogP contribution in [0, 0.1) is 0 Å². The third-order valence-corrected chi connectivity index (χ3v) is 9.46. The van der Waals surface area contributed by atoms with Gasteiger partial charge in [-0.15, -0.1) is 0 Å². The van der Waals surface area contributed by atoms with Crippen molar-refractivity contribution in [2.75, 3.05) is 37.7 Å². The van der Waals surface area contributed by atoms with Crippen LogP contribution in [0.15, 0.2) is 17.9 Å². The second-order valence-electron chi connectivity index (χ2n) is 14.6. The molecule has 45 heavy (non-hydrogen) atoms. The maximum Gasteiger partial charge on any atom is 0.525 e. The molecular formula is C32H45BF4N2O6. The average Bonchev–Trinajstić information content (AvgIpc) is 3.12. The van der Waals surface area contributed by atoms with Crippen molar-refractivity contribution in [2.24, 2.45) is 0 Å². The third kappa shape index (κ3) is 7.25. The van der Waals surface area contributed by atoms with Crippen molar-refractivity contribution >= 4 is 25.0 Å². The number of morpholine rings is 1. The van der Waals surface area contributed by atoms with Crippen LogP contribution in [-0.2, 0) is 25.0 Å². The summed E-state index contributed by atoms with van der Waals surface area (Å²) in [6.45, 7) is 13.6. The van der Waals surface area contributed by atoms with Crippen LogP contribution in [0.2, 0.25) is 0 Å². The first kappa shape index (κ1) is 33.8. The van der Waals surface area contributed by atoms with Gasteiger partial charge in [0.1, 0.15) is 22.6 Å². The van der Waals surface area contributed by atoms with Crippen LogP contribution < -0.4 is 9.64 Å². The molecule has 0 radical (unpaired) electrons. The average molecular weight is 641 g/mol. The standard InChI is InChI=1S/C32H45BF4N2O6/c1-28(2,3)43-27(40)38-15-13-31(14-16-38)20-39(17-18-41-31)26-21(19-24(34)33-44-29(4,5)30(6,7)45-33)11-12-23(25(26)32(35,36)37)42-22-9-8-10-22/h11-12,19,22H,8-10,13-18,20H2,1-7H3/b24-19-. The molecule has 1 amide bonds. The van der Waals surface area contributed by atoms with Crippen LogP contribution in [0.1, 0.15) is 91.7 Å². The zero-order valence-corrected chi connectivity index (χ0v) is 27.3. The van der Waals surface area contributed by atoms with Crippen molar-refractivity contribution in [1.29, 1.82) is 0 Å². The quantitative estimate of drug-likeness (QED) is 0.250. The van der Waals surface area contributed by atoms with Crippen molar-refractivity contribution < 1.29 is 45.9 Å². The number of hydrogen-bond donors (Lipinski definition) is 0. The summed E-state index contributed by atoms with van der Waals surface area (Å²) in [7, 11) is -1.36. The first-order chi connectivity index (χ1) is 20.8.